The average Bonchev–Trinajstić information content (AvgIpc) is 3.13. The number of rotatable bonds is 4. The molecule has 164 valence electrons. The van der Waals surface area contributed by atoms with E-state index in [4.69, 9.17) is 4.74 Å². The van der Waals surface area contributed by atoms with Crippen molar-refractivity contribution in [3.63, 3.8) is 0 Å². The van der Waals surface area contributed by atoms with Crippen LogP contribution in [0.5, 0.6) is 0 Å². The molecule has 1 saturated carbocycles. The highest BCUT2D eigenvalue weighted by atomic mass is 19.1. The Balaban J connectivity index is 1.61. The van der Waals surface area contributed by atoms with Gasteiger partial charge < -0.3 is 10.1 Å². The highest BCUT2D eigenvalue weighted by Gasteiger charge is 2.53. The molecule has 31 heavy (non-hydrogen) atoms. The van der Waals surface area contributed by atoms with E-state index in [2.05, 4.69) is 17.2 Å². The summed E-state index contributed by atoms with van der Waals surface area (Å²) in [6.07, 6.45) is 4.42. The van der Waals surface area contributed by atoms with Crippen LogP contribution in [0.3, 0.4) is 0 Å². The molecule has 2 aromatic rings. The lowest BCUT2D eigenvalue weighted by Crippen LogP contribution is -2.56. The monoisotopic (exact) mass is 429 g/mol. The first-order valence-corrected chi connectivity index (χ1v) is 10.5. The Hall–Kier alpha value is -2.87. The van der Waals surface area contributed by atoms with Crippen LogP contribution < -0.4 is 5.32 Å². The van der Waals surface area contributed by atoms with E-state index >= 15 is 0 Å². The molecule has 6 nitrogen and oxygen atoms in total. The predicted molar refractivity (Wildman–Crippen MR) is 109 cm³/mol. The van der Waals surface area contributed by atoms with Gasteiger partial charge in [0.1, 0.15) is 23.4 Å². The van der Waals surface area contributed by atoms with E-state index < -0.39 is 35.2 Å². The second kappa shape index (κ2) is 8.70. The van der Waals surface area contributed by atoms with Crippen LogP contribution >= 0.6 is 0 Å². The fourth-order valence-electron chi connectivity index (χ4n) is 4.37. The van der Waals surface area contributed by atoms with Crippen molar-refractivity contribution in [2.45, 2.75) is 50.9 Å². The standard InChI is InChI=1S/C23H25F2N3O3/c1-15-7-9-23(10-8-15)28(22(30)18-6-5-16(24)12-19(18)25)20(14-31-23)21(29)27-13-17-4-2-3-11-26-17/h2-6,11-12,15,20H,7-10,13-14H2,1H3,(H,27,29)/t15?,20-,23?/m1/s1. The van der Waals surface area contributed by atoms with E-state index in [1.54, 1.807) is 18.3 Å². The third-order valence-electron chi connectivity index (χ3n) is 6.17. The van der Waals surface area contributed by atoms with Gasteiger partial charge in [-0.3, -0.25) is 19.5 Å². The number of halogens is 2. The van der Waals surface area contributed by atoms with E-state index in [0.717, 1.165) is 25.0 Å². The van der Waals surface area contributed by atoms with E-state index in [0.29, 0.717) is 30.5 Å². The molecule has 0 unspecified atom stereocenters. The minimum atomic E-state index is -0.961. The Morgan fingerprint density at radius 1 is 1.23 bits per heavy atom. The topological polar surface area (TPSA) is 71.5 Å². The smallest absolute Gasteiger partial charge is 0.259 e. The zero-order valence-corrected chi connectivity index (χ0v) is 17.3. The van der Waals surface area contributed by atoms with Gasteiger partial charge in [0.25, 0.3) is 5.91 Å². The molecule has 0 radical (unpaired) electrons. The van der Waals surface area contributed by atoms with Gasteiger partial charge in [0.05, 0.1) is 24.4 Å². The summed E-state index contributed by atoms with van der Waals surface area (Å²) in [6.45, 7) is 2.36. The number of hydrogen-bond acceptors (Lipinski definition) is 4. The number of ether oxygens (including phenoxy) is 1. The fraction of sp³-hybridized carbons (Fsp3) is 0.435. The lowest BCUT2D eigenvalue weighted by Gasteiger charge is -2.43. The largest absolute Gasteiger partial charge is 0.353 e. The van der Waals surface area contributed by atoms with Gasteiger partial charge in [0.15, 0.2) is 0 Å². The zero-order chi connectivity index (χ0) is 22.0. The van der Waals surface area contributed by atoms with E-state index in [1.165, 1.54) is 4.90 Å². The molecule has 8 heteroatoms. The lowest BCUT2D eigenvalue weighted by molar-refractivity contribution is -0.128. The Kier molecular flexibility index (Phi) is 6.00. The number of nitrogens with zero attached hydrogens (tertiary/aromatic N) is 2. The van der Waals surface area contributed by atoms with E-state index in [9.17, 15) is 18.4 Å². The van der Waals surface area contributed by atoms with Crippen LogP contribution in [-0.4, -0.2) is 40.1 Å². The summed E-state index contributed by atoms with van der Waals surface area (Å²) >= 11 is 0. The van der Waals surface area contributed by atoms with Crippen molar-refractivity contribution in [2.75, 3.05) is 6.61 Å². The molecule has 1 aliphatic carbocycles. The highest BCUT2D eigenvalue weighted by molar-refractivity contribution is 5.98. The normalized spacial score (nSPS) is 25.6. The van der Waals surface area contributed by atoms with Gasteiger partial charge in [-0.15, -0.1) is 0 Å². The van der Waals surface area contributed by atoms with E-state index in [-0.39, 0.29) is 18.7 Å². The molecule has 1 aromatic carbocycles. The maximum atomic E-state index is 14.4. The SMILES string of the molecule is CC1CCC2(CC1)OC[C@H](C(=O)NCc1ccccn1)N2C(=O)c1ccc(F)cc1F. The minimum Gasteiger partial charge on any atom is -0.353 e. The van der Waals surface area contributed by atoms with Gasteiger partial charge in [0.2, 0.25) is 5.91 Å². The summed E-state index contributed by atoms with van der Waals surface area (Å²) in [7, 11) is 0. The summed E-state index contributed by atoms with van der Waals surface area (Å²) in [5.74, 6) is -2.30. The first kappa shape index (κ1) is 21.4. The van der Waals surface area contributed by atoms with Crippen LogP contribution in [-0.2, 0) is 16.1 Å². The van der Waals surface area contributed by atoms with Gasteiger partial charge in [0, 0.05) is 12.3 Å². The quantitative estimate of drug-likeness (QED) is 0.809. The highest BCUT2D eigenvalue weighted by Crippen LogP contribution is 2.43. The second-order valence-electron chi connectivity index (χ2n) is 8.29. The Bertz CT molecular complexity index is 962. The van der Waals surface area contributed by atoms with Gasteiger partial charge >= 0.3 is 0 Å². The molecule has 2 fully saturated rings. The van der Waals surface area contributed by atoms with Crippen molar-refractivity contribution < 1.29 is 23.1 Å². The van der Waals surface area contributed by atoms with Crippen LogP contribution in [0.4, 0.5) is 8.78 Å². The summed E-state index contributed by atoms with van der Waals surface area (Å²) in [5.41, 5.74) is -0.553. The van der Waals surface area contributed by atoms with Gasteiger partial charge in [-0.2, -0.15) is 0 Å². The van der Waals surface area contributed by atoms with E-state index in [1.807, 2.05) is 6.07 Å². The van der Waals surface area contributed by atoms with Crippen LogP contribution in [0.2, 0.25) is 0 Å². The van der Waals surface area contributed by atoms with Gasteiger partial charge in [-0.25, -0.2) is 8.78 Å². The summed E-state index contributed by atoms with van der Waals surface area (Å²) in [6, 6.07) is 7.31. The molecule has 1 atom stereocenters. The van der Waals surface area contributed by atoms with Crippen LogP contribution in [0, 0.1) is 17.6 Å². The summed E-state index contributed by atoms with van der Waals surface area (Å²) in [5, 5.41) is 2.80. The molecule has 1 saturated heterocycles. The van der Waals surface area contributed by atoms with Crippen molar-refractivity contribution in [3.05, 3.63) is 65.5 Å². The molecule has 2 aliphatic rings. The molecule has 1 N–H and O–H groups in total. The lowest BCUT2D eigenvalue weighted by atomic mass is 9.83. The Labute approximate surface area is 179 Å². The van der Waals surface area contributed by atoms with Crippen LogP contribution in [0.1, 0.15) is 48.7 Å². The average molecular weight is 429 g/mol. The Morgan fingerprint density at radius 2 is 2.00 bits per heavy atom. The fourth-order valence-corrected chi connectivity index (χ4v) is 4.37. The molecular formula is C23H25F2N3O3. The number of aromatic nitrogens is 1. The van der Waals surface area contributed by atoms with Crippen LogP contribution in [0.25, 0.3) is 0 Å². The maximum absolute atomic E-state index is 14.4. The number of carbonyl (C=O) groups is 2. The molecule has 0 bridgehead atoms. The Morgan fingerprint density at radius 3 is 2.68 bits per heavy atom. The number of pyridine rings is 1. The van der Waals surface area contributed by atoms with Crippen molar-refractivity contribution in [2.24, 2.45) is 5.92 Å². The molecule has 2 amide bonds. The third-order valence-corrected chi connectivity index (χ3v) is 6.17. The molecular weight excluding hydrogens is 404 g/mol. The van der Waals surface area contributed by atoms with Gasteiger partial charge in [-0.05, 0) is 55.9 Å². The molecule has 1 aliphatic heterocycles. The molecule has 2 heterocycles. The van der Waals surface area contributed by atoms with Crippen LogP contribution in [0.15, 0.2) is 42.6 Å². The zero-order valence-electron chi connectivity index (χ0n) is 17.3. The number of carbonyl (C=O) groups excluding carboxylic acids is 2. The number of nitrogens with one attached hydrogen (secondary N) is 1. The molecule has 1 spiro atoms. The molecule has 1 aromatic heterocycles. The first-order chi connectivity index (χ1) is 14.9. The second-order valence-corrected chi connectivity index (χ2v) is 8.29. The summed E-state index contributed by atoms with van der Waals surface area (Å²) < 4.78 is 33.9. The van der Waals surface area contributed by atoms with Crippen molar-refractivity contribution in [1.29, 1.82) is 0 Å². The molecule has 4 rings (SSSR count). The van der Waals surface area contributed by atoms with Crippen molar-refractivity contribution in [3.8, 4) is 0 Å². The number of benzene rings is 1. The third kappa shape index (κ3) is 4.30. The minimum absolute atomic E-state index is 0.0248. The maximum Gasteiger partial charge on any atom is 0.259 e. The first-order valence-electron chi connectivity index (χ1n) is 10.5. The number of hydrogen-bond donors (Lipinski definition) is 1. The van der Waals surface area contributed by atoms with Crippen molar-refractivity contribution in [1.82, 2.24) is 15.2 Å². The predicted octanol–water partition coefficient (Wildman–Crippen LogP) is 3.42. The van der Waals surface area contributed by atoms with Crippen molar-refractivity contribution >= 4 is 11.8 Å². The number of amides is 2. The van der Waals surface area contributed by atoms with Gasteiger partial charge in [-0.1, -0.05) is 13.0 Å². The summed E-state index contributed by atoms with van der Waals surface area (Å²) in [4.78, 5) is 32.0.